The number of hydrogen-bond donors (Lipinski definition) is 1. The van der Waals surface area contributed by atoms with Gasteiger partial charge in [0.25, 0.3) is 0 Å². The van der Waals surface area contributed by atoms with E-state index >= 15 is 0 Å². The van der Waals surface area contributed by atoms with Crippen LogP contribution in [0.5, 0.6) is 0 Å². The summed E-state index contributed by atoms with van der Waals surface area (Å²) in [5.74, 6) is 0. The molecule has 0 aliphatic rings. The van der Waals surface area contributed by atoms with Crippen LogP contribution in [0, 0.1) is 13.8 Å². The van der Waals surface area contributed by atoms with Gasteiger partial charge in [-0.2, -0.15) is 0 Å². The van der Waals surface area contributed by atoms with Gasteiger partial charge < -0.3 is 5.11 Å². The van der Waals surface area contributed by atoms with E-state index < -0.39 is 6.10 Å². The van der Waals surface area contributed by atoms with Crippen molar-refractivity contribution in [1.29, 1.82) is 0 Å². The molecule has 0 aromatic heterocycles. The minimum atomic E-state index is -0.579. The normalized spacial score (nSPS) is 12.5. The highest BCUT2D eigenvalue weighted by atomic mass is 79.9. The van der Waals surface area contributed by atoms with Crippen molar-refractivity contribution in [2.75, 3.05) is 0 Å². The summed E-state index contributed by atoms with van der Waals surface area (Å²) in [4.78, 5) is 0. The Morgan fingerprint density at radius 1 is 1.00 bits per heavy atom. The lowest BCUT2D eigenvalue weighted by Gasteiger charge is -2.14. The molecular weight excluding hydrogens is 276 g/mol. The summed E-state index contributed by atoms with van der Waals surface area (Å²) in [6, 6.07) is 13.9. The number of rotatable bonds is 2. The Bertz CT molecular complexity index is 514. The quantitative estimate of drug-likeness (QED) is 0.881. The molecule has 0 bridgehead atoms. The first-order valence-electron chi connectivity index (χ1n) is 5.58. The zero-order valence-corrected chi connectivity index (χ0v) is 11.5. The van der Waals surface area contributed by atoms with Crippen LogP contribution in [0.1, 0.15) is 28.4 Å². The maximum atomic E-state index is 10.4. The molecule has 0 saturated carbocycles. The van der Waals surface area contributed by atoms with E-state index in [0.717, 1.165) is 15.6 Å². The molecule has 0 spiro atoms. The van der Waals surface area contributed by atoms with Crippen molar-refractivity contribution in [2.24, 2.45) is 0 Å². The number of aliphatic hydroxyl groups excluding tert-OH is 1. The van der Waals surface area contributed by atoms with Crippen molar-refractivity contribution in [3.63, 3.8) is 0 Å². The van der Waals surface area contributed by atoms with Crippen molar-refractivity contribution in [1.82, 2.24) is 0 Å². The molecule has 1 nitrogen and oxygen atoms in total. The first kappa shape index (κ1) is 12.3. The molecule has 88 valence electrons. The van der Waals surface area contributed by atoms with E-state index in [9.17, 15) is 5.11 Å². The van der Waals surface area contributed by atoms with Crippen LogP contribution in [-0.4, -0.2) is 5.11 Å². The van der Waals surface area contributed by atoms with Gasteiger partial charge in [0.2, 0.25) is 0 Å². The van der Waals surface area contributed by atoms with Crippen molar-refractivity contribution in [2.45, 2.75) is 20.0 Å². The fourth-order valence-corrected chi connectivity index (χ4v) is 2.55. The lowest BCUT2D eigenvalue weighted by molar-refractivity contribution is 0.219. The Balaban J connectivity index is 2.43. The molecule has 1 N–H and O–H groups in total. The average molecular weight is 291 g/mol. The summed E-state index contributed by atoms with van der Waals surface area (Å²) >= 11 is 3.47. The standard InChI is InChI=1S/C15H15BrO/c1-10-7-11(2)9-12(8-10)15(17)13-5-3-4-6-14(13)16/h3-9,15,17H,1-2H3. The summed E-state index contributed by atoms with van der Waals surface area (Å²) in [6.07, 6.45) is -0.579. The lowest BCUT2D eigenvalue weighted by Crippen LogP contribution is -2.01. The molecule has 17 heavy (non-hydrogen) atoms. The first-order chi connectivity index (χ1) is 8.08. The van der Waals surface area contributed by atoms with Crippen molar-refractivity contribution < 1.29 is 5.11 Å². The van der Waals surface area contributed by atoms with E-state index in [2.05, 4.69) is 22.0 Å². The van der Waals surface area contributed by atoms with E-state index in [1.807, 2.05) is 50.2 Å². The average Bonchev–Trinajstić information content (AvgIpc) is 2.27. The lowest BCUT2D eigenvalue weighted by atomic mass is 9.98. The number of benzene rings is 2. The first-order valence-corrected chi connectivity index (χ1v) is 6.38. The second-order valence-corrected chi connectivity index (χ2v) is 5.20. The molecule has 2 aromatic rings. The third-order valence-corrected chi connectivity index (χ3v) is 3.48. The van der Waals surface area contributed by atoms with Gasteiger partial charge in [-0.15, -0.1) is 0 Å². The number of aliphatic hydroxyl groups is 1. The molecule has 0 radical (unpaired) electrons. The number of halogens is 1. The van der Waals surface area contributed by atoms with E-state index in [1.54, 1.807) is 0 Å². The zero-order valence-electron chi connectivity index (χ0n) is 9.94. The van der Waals surface area contributed by atoms with Crippen LogP contribution in [0.2, 0.25) is 0 Å². The largest absolute Gasteiger partial charge is 0.384 e. The van der Waals surface area contributed by atoms with E-state index in [1.165, 1.54) is 11.1 Å². The monoisotopic (exact) mass is 290 g/mol. The van der Waals surface area contributed by atoms with Crippen LogP contribution < -0.4 is 0 Å². The van der Waals surface area contributed by atoms with Crippen LogP contribution >= 0.6 is 15.9 Å². The zero-order chi connectivity index (χ0) is 12.4. The van der Waals surface area contributed by atoms with E-state index in [0.29, 0.717) is 0 Å². The highest BCUT2D eigenvalue weighted by molar-refractivity contribution is 9.10. The van der Waals surface area contributed by atoms with Crippen LogP contribution in [-0.2, 0) is 0 Å². The molecule has 2 rings (SSSR count). The van der Waals surface area contributed by atoms with Crippen LogP contribution in [0.25, 0.3) is 0 Å². The molecule has 0 amide bonds. The summed E-state index contributed by atoms with van der Waals surface area (Å²) in [7, 11) is 0. The molecule has 2 heteroatoms. The molecule has 0 aliphatic heterocycles. The predicted molar refractivity (Wildman–Crippen MR) is 74.1 cm³/mol. The fourth-order valence-electron chi connectivity index (χ4n) is 2.04. The Hall–Kier alpha value is -1.12. The minimum absolute atomic E-state index is 0.579. The molecule has 0 fully saturated rings. The third kappa shape index (κ3) is 2.76. The van der Waals surface area contributed by atoms with Gasteiger partial charge in [0.1, 0.15) is 6.10 Å². The minimum Gasteiger partial charge on any atom is -0.384 e. The van der Waals surface area contributed by atoms with Gasteiger partial charge in [0, 0.05) is 4.47 Å². The van der Waals surface area contributed by atoms with Crippen molar-refractivity contribution in [3.8, 4) is 0 Å². The SMILES string of the molecule is Cc1cc(C)cc(C(O)c2ccccc2Br)c1. The van der Waals surface area contributed by atoms with Crippen LogP contribution in [0.4, 0.5) is 0 Å². The van der Waals surface area contributed by atoms with Crippen molar-refractivity contribution in [3.05, 3.63) is 69.2 Å². The Kier molecular flexibility index (Phi) is 3.65. The smallest absolute Gasteiger partial charge is 0.105 e. The maximum absolute atomic E-state index is 10.4. The molecule has 0 aliphatic carbocycles. The highest BCUT2D eigenvalue weighted by Crippen LogP contribution is 2.29. The molecule has 0 heterocycles. The second kappa shape index (κ2) is 5.03. The van der Waals surface area contributed by atoms with Crippen molar-refractivity contribution >= 4 is 15.9 Å². The van der Waals surface area contributed by atoms with Gasteiger partial charge in [-0.3, -0.25) is 0 Å². The molecular formula is C15H15BrO. The van der Waals surface area contributed by atoms with Gasteiger partial charge in [-0.05, 0) is 31.0 Å². The van der Waals surface area contributed by atoms with E-state index in [-0.39, 0.29) is 0 Å². The van der Waals surface area contributed by atoms with Crippen LogP contribution in [0.3, 0.4) is 0 Å². The molecule has 2 aromatic carbocycles. The Morgan fingerprint density at radius 3 is 2.18 bits per heavy atom. The van der Waals surface area contributed by atoms with Crippen LogP contribution in [0.15, 0.2) is 46.9 Å². The molecule has 1 unspecified atom stereocenters. The summed E-state index contributed by atoms with van der Waals surface area (Å²) in [5, 5.41) is 10.4. The predicted octanol–water partition coefficient (Wildman–Crippen LogP) is 4.15. The van der Waals surface area contributed by atoms with Gasteiger partial charge in [-0.25, -0.2) is 0 Å². The maximum Gasteiger partial charge on any atom is 0.105 e. The van der Waals surface area contributed by atoms with Gasteiger partial charge in [0.15, 0.2) is 0 Å². The highest BCUT2D eigenvalue weighted by Gasteiger charge is 2.13. The van der Waals surface area contributed by atoms with Gasteiger partial charge in [0.05, 0.1) is 0 Å². The number of hydrogen-bond acceptors (Lipinski definition) is 1. The summed E-state index contributed by atoms with van der Waals surface area (Å²) < 4.78 is 0.937. The summed E-state index contributed by atoms with van der Waals surface area (Å²) in [6.45, 7) is 4.09. The summed E-state index contributed by atoms with van der Waals surface area (Å²) in [5.41, 5.74) is 4.18. The Labute approximate surface area is 110 Å². The van der Waals surface area contributed by atoms with Gasteiger partial charge >= 0.3 is 0 Å². The number of aryl methyl sites for hydroxylation is 2. The Morgan fingerprint density at radius 2 is 1.59 bits per heavy atom. The fraction of sp³-hybridized carbons (Fsp3) is 0.200. The molecule has 1 atom stereocenters. The molecule has 0 saturated heterocycles. The second-order valence-electron chi connectivity index (χ2n) is 4.35. The van der Waals surface area contributed by atoms with E-state index in [4.69, 9.17) is 0 Å². The third-order valence-electron chi connectivity index (χ3n) is 2.76. The topological polar surface area (TPSA) is 20.2 Å². The van der Waals surface area contributed by atoms with Gasteiger partial charge in [-0.1, -0.05) is 63.5 Å².